The van der Waals surface area contributed by atoms with Crippen molar-refractivity contribution in [2.75, 3.05) is 0 Å². The van der Waals surface area contributed by atoms with Crippen LogP contribution in [0.5, 0.6) is 5.75 Å². The number of pyridine rings is 1. The number of rotatable bonds is 2. The van der Waals surface area contributed by atoms with Crippen LogP contribution in [0.1, 0.15) is 5.56 Å². The van der Waals surface area contributed by atoms with E-state index in [1.54, 1.807) is 0 Å². The maximum atomic E-state index is 10.2. The van der Waals surface area contributed by atoms with Gasteiger partial charge in [-0.1, -0.05) is 0 Å². The van der Waals surface area contributed by atoms with E-state index in [2.05, 4.69) is 4.98 Å². The second kappa shape index (κ2) is 3.36. The quantitative estimate of drug-likeness (QED) is 0.433. The van der Waals surface area contributed by atoms with Crippen molar-refractivity contribution in [1.29, 1.82) is 0 Å². The number of aromatic hydroxyl groups is 1. The summed E-state index contributed by atoms with van der Waals surface area (Å²) in [5.74, 6) is -0.847. The number of hydrogen-bond donors (Lipinski definition) is 1. The van der Waals surface area contributed by atoms with Crippen LogP contribution in [0.3, 0.4) is 0 Å². The molecule has 12 heavy (non-hydrogen) atoms. The molecule has 0 bridgehead atoms. The maximum Gasteiger partial charge on any atom is 0.405 e. The first-order chi connectivity index (χ1) is 5.65. The van der Waals surface area contributed by atoms with E-state index in [1.807, 2.05) is 0 Å². The van der Waals surface area contributed by atoms with Crippen molar-refractivity contribution in [3.63, 3.8) is 0 Å². The van der Waals surface area contributed by atoms with Crippen LogP contribution in [0, 0.1) is 10.1 Å². The molecule has 64 valence electrons. The number of hydrogen-bond acceptors (Lipinski definition) is 4. The molecule has 0 radical (unpaired) electrons. The Balaban J connectivity index is 3.12. The molecule has 1 aromatic rings. The topological polar surface area (TPSA) is 76.3 Å². The molecule has 0 saturated carbocycles. The van der Waals surface area contributed by atoms with Gasteiger partial charge in [-0.25, -0.2) is 0 Å². The van der Waals surface area contributed by atoms with Gasteiger partial charge in [0.15, 0.2) is 0 Å². The Labute approximate surface area is 72.8 Å². The van der Waals surface area contributed by atoms with E-state index < -0.39 is 16.5 Å². The van der Waals surface area contributed by atoms with Gasteiger partial charge in [-0.15, -0.1) is 11.6 Å². The molecule has 0 fully saturated rings. The van der Waals surface area contributed by atoms with Crippen LogP contribution in [0.25, 0.3) is 0 Å². The molecule has 1 aromatic heterocycles. The van der Waals surface area contributed by atoms with Gasteiger partial charge in [0, 0.05) is 5.56 Å². The van der Waals surface area contributed by atoms with Crippen molar-refractivity contribution in [3.05, 3.63) is 27.9 Å². The first-order valence-corrected chi connectivity index (χ1v) is 3.57. The monoisotopic (exact) mass is 188 g/mol. The van der Waals surface area contributed by atoms with E-state index >= 15 is 0 Å². The minimum atomic E-state index is -0.757. The fourth-order valence-corrected chi connectivity index (χ4v) is 0.848. The van der Waals surface area contributed by atoms with E-state index in [-0.39, 0.29) is 5.88 Å². The van der Waals surface area contributed by atoms with Gasteiger partial charge >= 0.3 is 5.82 Å². The lowest BCUT2D eigenvalue weighted by Crippen LogP contribution is -1.93. The molecule has 1 N–H and O–H groups in total. The van der Waals surface area contributed by atoms with Gasteiger partial charge in [0.25, 0.3) is 0 Å². The Bertz CT molecular complexity index is 316. The summed E-state index contributed by atoms with van der Waals surface area (Å²) in [6, 6.07) is 1.22. The van der Waals surface area contributed by atoms with Crippen LogP contribution < -0.4 is 0 Å². The minimum Gasteiger partial charge on any atom is -0.501 e. The lowest BCUT2D eigenvalue weighted by Gasteiger charge is -1.95. The van der Waals surface area contributed by atoms with Crippen LogP contribution in [0.15, 0.2) is 12.3 Å². The highest BCUT2D eigenvalue weighted by Crippen LogP contribution is 2.23. The molecule has 1 rings (SSSR count). The van der Waals surface area contributed by atoms with Gasteiger partial charge in [0.05, 0.1) is 5.88 Å². The number of halogens is 1. The van der Waals surface area contributed by atoms with E-state index in [0.717, 1.165) is 0 Å². The van der Waals surface area contributed by atoms with Gasteiger partial charge in [0.1, 0.15) is 6.20 Å². The van der Waals surface area contributed by atoms with E-state index in [0.29, 0.717) is 5.56 Å². The van der Waals surface area contributed by atoms with Gasteiger partial charge < -0.3 is 15.2 Å². The average Bonchev–Trinajstić information content (AvgIpc) is 2.03. The number of nitro groups is 1. The molecule has 0 aromatic carbocycles. The first-order valence-electron chi connectivity index (χ1n) is 3.03. The Kier molecular flexibility index (Phi) is 2.44. The van der Waals surface area contributed by atoms with E-state index in [4.69, 9.17) is 16.7 Å². The summed E-state index contributed by atoms with van der Waals surface area (Å²) in [4.78, 5) is 12.8. The van der Waals surface area contributed by atoms with E-state index in [1.165, 1.54) is 12.3 Å². The van der Waals surface area contributed by atoms with Crippen LogP contribution in [0.4, 0.5) is 5.82 Å². The third kappa shape index (κ3) is 1.62. The molecule has 0 aliphatic rings. The summed E-state index contributed by atoms with van der Waals surface area (Å²) < 4.78 is 0. The molecule has 0 aliphatic carbocycles. The zero-order chi connectivity index (χ0) is 9.14. The maximum absolute atomic E-state index is 10.2. The predicted octanol–water partition coefficient (Wildman–Crippen LogP) is 1.43. The minimum absolute atomic E-state index is 0.165. The molecule has 0 spiro atoms. The fourth-order valence-electron chi connectivity index (χ4n) is 0.701. The zero-order valence-electron chi connectivity index (χ0n) is 5.90. The van der Waals surface area contributed by atoms with Crippen molar-refractivity contribution in [3.8, 4) is 5.75 Å². The summed E-state index contributed by atoms with van der Waals surface area (Å²) in [5, 5.41) is 19.2. The molecule has 0 saturated heterocycles. The Hall–Kier alpha value is -1.36. The third-order valence-electron chi connectivity index (χ3n) is 1.23. The molecular formula is C6H5ClN2O3. The molecule has 0 atom stereocenters. The van der Waals surface area contributed by atoms with Gasteiger partial charge in [-0.3, -0.25) is 0 Å². The lowest BCUT2D eigenvalue weighted by atomic mass is 10.3. The van der Waals surface area contributed by atoms with Crippen molar-refractivity contribution in [2.24, 2.45) is 0 Å². The summed E-state index contributed by atoms with van der Waals surface area (Å²) in [6.45, 7) is 0. The lowest BCUT2D eigenvalue weighted by molar-refractivity contribution is -0.390. The standard InChI is InChI=1S/C6H5ClN2O3/c7-2-4-1-5(10)6(8-3-4)9(11)12/h1,3,10H,2H2. The number of nitrogens with zero attached hydrogens (tertiary/aromatic N) is 2. The normalized spacial score (nSPS) is 9.75. The number of aromatic nitrogens is 1. The third-order valence-corrected chi connectivity index (χ3v) is 1.54. The fraction of sp³-hybridized carbons (Fsp3) is 0.167. The molecule has 5 nitrogen and oxygen atoms in total. The van der Waals surface area contributed by atoms with Crippen molar-refractivity contribution >= 4 is 17.4 Å². The van der Waals surface area contributed by atoms with Gasteiger partial charge in [-0.2, -0.15) is 0 Å². The highest BCUT2D eigenvalue weighted by Gasteiger charge is 2.14. The second-order valence-electron chi connectivity index (χ2n) is 2.08. The van der Waals surface area contributed by atoms with Crippen molar-refractivity contribution in [1.82, 2.24) is 4.98 Å². The second-order valence-corrected chi connectivity index (χ2v) is 2.34. The molecule has 0 aliphatic heterocycles. The Morgan fingerprint density at radius 3 is 2.83 bits per heavy atom. The number of alkyl halides is 1. The first kappa shape index (κ1) is 8.73. The van der Waals surface area contributed by atoms with Crippen LogP contribution in [-0.4, -0.2) is 15.0 Å². The van der Waals surface area contributed by atoms with Crippen molar-refractivity contribution in [2.45, 2.75) is 5.88 Å². The summed E-state index contributed by atoms with van der Waals surface area (Å²) in [5.41, 5.74) is 0.541. The van der Waals surface area contributed by atoms with Crippen LogP contribution >= 0.6 is 11.6 Å². The summed E-state index contributed by atoms with van der Waals surface area (Å²) in [7, 11) is 0. The Morgan fingerprint density at radius 1 is 1.75 bits per heavy atom. The average molecular weight is 189 g/mol. The smallest absolute Gasteiger partial charge is 0.405 e. The largest absolute Gasteiger partial charge is 0.501 e. The summed E-state index contributed by atoms with van der Waals surface area (Å²) in [6.07, 6.45) is 1.25. The SMILES string of the molecule is O=[N+]([O-])c1ncc(CCl)cc1O. The van der Waals surface area contributed by atoms with Crippen LogP contribution in [0.2, 0.25) is 0 Å². The molecule has 0 amide bonds. The van der Waals surface area contributed by atoms with Gasteiger partial charge in [0.2, 0.25) is 5.75 Å². The van der Waals surface area contributed by atoms with Gasteiger partial charge in [-0.05, 0) is 16.0 Å². The molecule has 0 unspecified atom stereocenters. The molecule has 6 heteroatoms. The predicted molar refractivity (Wildman–Crippen MR) is 42.1 cm³/mol. The summed E-state index contributed by atoms with van der Waals surface area (Å²) >= 11 is 5.41. The highest BCUT2D eigenvalue weighted by molar-refractivity contribution is 6.17. The highest BCUT2D eigenvalue weighted by atomic mass is 35.5. The molecule has 1 heterocycles. The zero-order valence-corrected chi connectivity index (χ0v) is 6.65. The molecular weight excluding hydrogens is 184 g/mol. The van der Waals surface area contributed by atoms with Crippen molar-refractivity contribution < 1.29 is 10.0 Å². The van der Waals surface area contributed by atoms with Crippen LogP contribution in [-0.2, 0) is 5.88 Å². The Morgan fingerprint density at radius 2 is 2.42 bits per heavy atom. The van der Waals surface area contributed by atoms with E-state index in [9.17, 15) is 10.1 Å².